The first-order valence-corrected chi connectivity index (χ1v) is 9.49. The van der Waals surface area contributed by atoms with Crippen molar-refractivity contribution in [1.29, 1.82) is 0 Å². The molecule has 7 heteroatoms. The SMILES string of the molecule is Cc1ccc(-n2c(C)nnc2SCC(=O)Nc2cccc(Cl)c2C)cc1. The predicted molar refractivity (Wildman–Crippen MR) is 106 cm³/mol. The second-order valence-corrected chi connectivity index (χ2v) is 7.30. The van der Waals surface area contributed by atoms with Crippen molar-refractivity contribution in [2.24, 2.45) is 0 Å². The molecule has 2 aromatic carbocycles. The molecule has 1 aromatic heterocycles. The summed E-state index contributed by atoms with van der Waals surface area (Å²) in [5, 5.41) is 12.6. The molecule has 0 saturated heterocycles. The van der Waals surface area contributed by atoms with Crippen LogP contribution in [0.4, 0.5) is 5.69 Å². The Morgan fingerprint density at radius 2 is 1.85 bits per heavy atom. The number of aryl methyl sites for hydroxylation is 2. The third-order valence-electron chi connectivity index (χ3n) is 3.96. The molecule has 0 bridgehead atoms. The van der Waals surface area contributed by atoms with Crippen LogP contribution in [0.25, 0.3) is 5.69 Å². The molecule has 1 amide bonds. The molecule has 5 nitrogen and oxygen atoms in total. The van der Waals surface area contributed by atoms with E-state index in [9.17, 15) is 4.79 Å². The number of carbonyl (C=O) groups excluding carboxylic acids is 1. The molecule has 3 rings (SSSR count). The molecule has 134 valence electrons. The van der Waals surface area contributed by atoms with E-state index in [1.807, 2.05) is 61.7 Å². The maximum Gasteiger partial charge on any atom is 0.234 e. The summed E-state index contributed by atoms with van der Waals surface area (Å²) in [6.07, 6.45) is 0. The molecular weight excluding hydrogens is 368 g/mol. The molecule has 1 heterocycles. The number of nitrogens with zero attached hydrogens (tertiary/aromatic N) is 3. The highest BCUT2D eigenvalue weighted by Crippen LogP contribution is 2.25. The Bertz CT molecular complexity index is 937. The summed E-state index contributed by atoms with van der Waals surface area (Å²) < 4.78 is 1.95. The molecule has 0 atom stereocenters. The van der Waals surface area contributed by atoms with Crippen LogP contribution < -0.4 is 5.32 Å². The maximum absolute atomic E-state index is 12.3. The van der Waals surface area contributed by atoms with Crippen molar-refractivity contribution in [1.82, 2.24) is 14.8 Å². The van der Waals surface area contributed by atoms with E-state index in [1.165, 1.54) is 17.3 Å². The van der Waals surface area contributed by atoms with E-state index in [0.717, 1.165) is 22.8 Å². The van der Waals surface area contributed by atoms with Crippen LogP contribution in [-0.4, -0.2) is 26.4 Å². The second-order valence-electron chi connectivity index (χ2n) is 5.95. The Kier molecular flexibility index (Phi) is 5.64. The molecule has 0 aliphatic heterocycles. The average Bonchev–Trinajstić information content (AvgIpc) is 2.99. The summed E-state index contributed by atoms with van der Waals surface area (Å²) in [5.74, 6) is 0.898. The molecule has 0 saturated carbocycles. The zero-order valence-electron chi connectivity index (χ0n) is 14.8. The first-order chi connectivity index (χ1) is 12.5. The van der Waals surface area contributed by atoms with Gasteiger partial charge in [0.25, 0.3) is 0 Å². The first kappa shape index (κ1) is 18.5. The van der Waals surface area contributed by atoms with Gasteiger partial charge in [-0.3, -0.25) is 9.36 Å². The summed E-state index contributed by atoms with van der Waals surface area (Å²) in [6, 6.07) is 13.6. The number of hydrogen-bond donors (Lipinski definition) is 1. The fourth-order valence-electron chi connectivity index (χ4n) is 2.49. The van der Waals surface area contributed by atoms with Crippen molar-refractivity contribution in [3.63, 3.8) is 0 Å². The zero-order chi connectivity index (χ0) is 18.7. The number of anilines is 1. The molecule has 0 fully saturated rings. The average molecular weight is 387 g/mol. The number of hydrogen-bond acceptors (Lipinski definition) is 4. The minimum Gasteiger partial charge on any atom is -0.325 e. The van der Waals surface area contributed by atoms with Crippen molar-refractivity contribution in [2.45, 2.75) is 25.9 Å². The zero-order valence-corrected chi connectivity index (χ0v) is 16.4. The summed E-state index contributed by atoms with van der Waals surface area (Å²) in [6.45, 7) is 5.81. The van der Waals surface area contributed by atoms with E-state index in [2.05, 4.69) is 15.5 Å². The Hall–Kier alpha value is -2.31. The number of carbonyl (C=O) groups is 1. The molecule has 0 spiro atoms. The third kappa shape index (κ3) is 4.08. The Labute approximate surface area is 161 Å². The van der Waals surface area contributed by atoms with Crippen LogP contribution >= 0.6 is 23.4 Å². The molecule has 3 aromatic rings. The minimum atomic E-state index is -0.114. The maximum atomic E-state index is 12.3. The molecule has 26 heavy (non-hydrogen) atoms. The van der Waals surface area contributed by atoms with Crippen molar-refractivity contribution in [2.75, 3.05) is 11.1 Å². The molecule has 1 N–H and O–H groups in total. The number of amides is 1. The van der Waals surface area contributed by atoms with E-state index >= 15 is 0 Å². The largest absolute Gasteiger partial charge is 0.325 e. The number of benzene rings is 2. The summed E-state index contributed by atoms with van der Waals surface area (Å²) in [7, 11) is 0. The van der Waals surface area contributed by atoms with Crippen LogP contribution in [0.3, 0.4) is 0 Å². The van der Waals surface area contributed by atoms with E-state index in [1.54, 1.807) is 6.07 Å². The molecule has 0 unspecified atom stereocenters. The molecule has 0 radical (unpaired) electrons. The molecule has 0 aliphatic carbocycles. The van der Waals surface area contributed by atoms with E-state index in [4.69, 9.17) is 11.6 Å². The van der Waals surface area contributed by atoms with Crippen LogP contribution in [0, 0.1) is 20.8 Å². The van der Waals surface area contributed by atoms with Gasteiger partial charge in [0.05, 0.1) is 5.75 Å². The van der Waals surface area contributed by atoms with Crippen LogP contribution in [0.15, 0.2) is 47.6 Å². The summed E-state index contributed by atoms with van der Waals surface area (Å²) >= 11 is 7.44. The lowest BCUT2D eigenvalue weighted by molar-refractivity contribution is -0.113. The van der Waals surface area contributed by atoms with Gasteiger partial charge in [0.2, 0.25) is 5.91 Å². The van der Waals surface area contributed by atoms with Crippen molar-refractivity contribution < 1.29 is 4.79 Å². The molecule has 0 aliphatic rings. The highest BCUT2D eigenvalue weighted by molar-refractivity contribution is 7.99. The van der Waals surface area contributed by atoms with Gasteiger partial charge in [-0.1, -0.05) is 47.1 Å². The van der Waals surface area contributed by atoms with Gasteiger partial charge in [-0.2, -0.15) is 0 Å². The Balaban J connectivity index is 1.71. The second kappa shape index (κ2) is 7.93. The van der Waals surface area contributed by atoms with Gasteiger partial charge in [-0.15, -0.1) is 10.2 Å². The topological polar surface area (TPSA) is 59.8 Å². The lowest BCUT2D eigenvalue weighted by Crippen LogP contribution is -2.15. The highest BCUT2D eigenvalue weighted by Gasteiger charge is 2.14. The fourth-order valence-corrected chi connectivity index (χ4v) is 3.46. The van der Waals surface area contributed by atoms with Crippen LogP contribution in [-0.2, 0) is 4.79 Å². The van der Waals surface area contributed by atoms with Gasteiger partial charge in [0.1, 0.15) is 5.82 Å². The Morgan fingerprint density at radius 3 is 2.58 bits per heavy atom. The van der Waals surface area contributed by atoms with Crippen LogP contribution in [0.1, 0.15) is 17.0 Å². The first-order valence-electron chi connectivity index (χ1n) is 8.12. The highest BCUT2D eigenvalue weighted by atomic mass is 35.5. The van der Waals surface area contributed by atoms with Gasteiger partial charge >= 0.3 is 0 Å². The van der Waals surface area contributed by atoms with E-state index < -0.39 is 0 Å². The smallest absolute Gasteiger partial charge is 0.234 e. The van der Waals surface area contributed by atoms with Gasteiger partial charge < -0.3 is 5.32 Å². The van der Waals surface area contributed by atoms with Crippen molar-refractivity contribution in [3.8, 4) is 5.69 Å². The monoisotopic (exact) mass is 386 g/mol. The van der Waals surface area contributed by atoms with Gasteiger partial charge in [0.15, 0.2) is 5.16 Å². The normalized spacial score (nSPS) is 10.8. The van der Waals surface area contributed by atoms with Crippen LogP contribution in [0.5, 0.6) is 0 Å². The minimum absolute atomic E-state index is 0.114. The Morgan fingerprint density at radius 1 is 1.12 bits per heavy atom. The number of rotatable bonds is 5. The van der Waals surface area contributed by atoms with Gasteiger partial charge in [0, 0.05) is 16.4 Å². The van der Waals surface area contributed by atoms with Crippen molar-refractivity contribution in [3.05, 3.63) is 64.4 Å². The number of thioether (sulfide) groups is 1. The number of halogens is 1. The third-order valence-corrected chi connectivity index (χ3v) is 5.30. The predicted octanol–water partition coefficient (Wildman–Crippen LogP) is 4.58. The lowest BCUT2D eigenvalue weighted by atomic mass is 10.2. The van der Waals surface area contributed by atoms with Gasteiger partial charge in [-0.25, -0.2) is 0 Å². The lowest BCUT2D eigenvalue weighted by Gasteiger charge is -2.10. The quantitative estimate of drug-likeness (QED) is 0.652. The number of aromatic nitrogens is 3. The van der Waals surface area contributed by atoms with E-state index in [-0.39, 0.29) is 11.7 Å². The van der Waals surface area contributed by atoms with E-state index in [0.29, 0.717) is 10.2 Å². The summed E-state index contributed by atoms with van der Waals surface area (Å²) in [4.78, 5) is 12.3. The summed E-state index contributed by atoms with van der Waals surface area (Å²) in [5.41, 5.74) is 3.74. The van der Waals surface area contributed by atoms with Gasteiger partial charge in [-0.05, 0) is 50.6 Å². The van der Waals surface area contributed by atoms with Crippen LogP contribution in [0.2, 0.25) is 5.02 Å². The standard InChI is InChI=1S/C19H19ClN4OS/c1-12-7-9-15(10-8-12)24-14(3)22-23-19(24)26-11-18(25)21-17-6-4-5-16(20)13(17)2/h4-10H,11H2,1-3H3,(H,21,25). The molecular formula is C19H19ClN4OS. The fraction of sp³-hybridized carbons (Fsp3) is 0.211. The van der Waals surface area contributed by atoms with Crippen molar-refractivity contribution >= 4 is 35.0 Å². The number of nitrogens with one attached hydrogen (secondary N) is 1.